The minimum atomic E-state index is -0.511. The summed E-state index contributed by atoms with van der Waals surface area (Å²) in [6.07, 6.45) is 0.106. The highest BCUT2D eigenvalue weighted by Crippen LogP contribution is 2.23. The molecule has 0 aliphatic rings. The molecule has 0 bridgehead atoms. The number of hydrogen-bond acceptors (Lipinski definition) is 2. The van der Waals surface area contributed by atoms with Crippen LogP contribution in [0.25, 0.3) is 0 Å². The Hall–Kier alpha value is -3.07. The molecule has 0 N–H and O–H groups in total. The summed E-state index contributed by atoms with van der Waals surface area (Å²) >= 11 is 0. The molecule has 0 heterocycles. The number of benzene rings is 3. The van der Waals surface area contributed by atoms with Crippen LogP contribution < -0.4 is 4.74 Å². The van der Waals surface area contributed by atoms with E-state index in [1.807, 2.05) is 74.2 Å². The molecule has 3 heteroatoms. The second-order valence-corrected chi connectivity index (χ2v) is 7.45. The number of aryl methyl sites for hydroxylation is 2. The maximum absolute atomic E-state index is 13.5. The highest BCUT2D eigenvalue weighted by Gasteiger charge is 2.25. The summed E-state index contributed by atoms with van der Waals surface area (Å²) in [4.78, 5) is 15.4. The van der Waals surface area contributed by atoms with Gasteiger partial charge < -0.3 is 9.64 Å². The Balaban J connectivity index is 1.83. The van der Waals surface area contributed by atoms with Gasteiger partial charge >= 0.3 is 0 Å². The lowest BCUT2D eigenvalue weighted by atomic mass is 10.1. The third-order valence-corrected chi connectivity index (χ3v) is 5.00. The number of ether oxygens (including phenoxy) is 1. The number of hydrogen-bond donors (Lipinski definition) is 0. The first-order chi connectivity index (χ1) is 14.1. The van der Waals surface area contributed by atoms with Crippen LogP contribution >= 0.6 is 0 Å². The van der Waals surface area contributed by atoms with Gasteiger partial charge in [0.05, 0.1) is 0 Å². The number of carbonyl (C=O) groups excluding carboxylic acids is 1. The molecular formula is C26H29NO2. The van der Waals surface area contributed by atoms with Gasteiger partial charge in [-0.15, -0.1) is 0 Å². The van der Waals surface area contributed by atoms with Crippen LogP contribution in [0.15, 0.2) is 78.9 Å². The Labute approximate surface area is 174 Å². The van der Waals surface area contributed by atoms with Gasteiger partial charge in [-0.25, -0.2) is 0 Å². The lowest BCUT2D eigenvalue weighted by Crippen LogP contribution is -2.41. The van der Waals surface area contributed by atoms with Gasteiger partial charge in [-0.05, 0) is 48.6 Å². The largest absolute Gasteiger partial charge is 0.480 e. The second-order valence-electron chi connectivity index (χ2n) is 7.45. The Bertz CT molecular complexity index is 880. The van der Waals surface area contributed by atoms with E-state index in [0.717, 1.165) is 28.0 Å². The molecule has 0 spiro atoms. The van der Waals surface area contributed by atoms with Crippen molar-refractivity contribution < 1.29 is 9.53 Å². The van der Waals surface area contributed by atoms with E-state index in [0.29, 0.717) is 19.5 Å². The van der Waals surface area contributed by atoms with Crippen molar-refractivity contribution in [1.29, 1.82) is 0 Å². The first-order valence-electron chi connectivity index (χ1n) is 10.2. The minimum absolute atomic E-state index is 0.0149. The van der Waals surface area contributed by atoms with Gasteiger partial charge in [-0.3, -0.25) is 4.79 Å². The number of nitrogens with zero attached hydrogens (tertiary/aromatic N) is 1. The molecule has 3 nitrogen and oxygen atoms in total. The molecule has 0 aliphatic heterocycles. The van der Waals surface area contributed by atoms with Crippen molar-refractivity contribution in [2.45, 2.75) is 46.4 Å². The van der Waals surface area contributed by atoms with Crippen LogP contribution in [0, 0.1) is 13.8 Å². The van der Waals surface area contributed by atoms with Crippen molar-refractivity contribution in [3.05, 3.63) is 101 Å². The third kappa shape index (κ3) is 5.71. The van der Waals surface area contributed by atoms with Gasteiger partial charge in [0.2, 0.25) is 0 Å². The Kier molecular flexibility index (Phi) is 7.07. The van der Waals surface area contributed by atoms with Gasteiger partial charge in [-0.1, -0.05) is 79.7 Å². The van der Waals surface area contributed by atoms with Gasteiger partial charge in [0.15, 0.2) is 6.10 Å². The molecule has 3 aromatic carbocycles. The van der Waals surface area contributed by atoms with Crippen LogP contribution in [0.5, 0.6) is 5.75 Å². The van der Waals surface area contributed by atoms with Gasteiger partial charge in [0.1, 0.15) is 5.75 Å². The second kappa shape index (κ2) is 9.92. The normalized spacial score (nSPS) is 11.7. The van der Waals surface area contributed by atoms with Crippen molar-refractivity contribution in [2.24, 2.45) is 0 Å². The summed E-state index contributed by atoms with van der Waals surface area (Å²) in [6, 6.07) is 26.3. The molecule has 0 saturated carbocycles. The van der Waals surface area contributed by atoms with Crippen LogP contribution in [-0.2, 0) is 17.9 Å². The Morgan fingerprint density at radius 3 is 1.93 bits per heavy atom. The van der Waals surface area contributed by atoms with Crippen LogP contribution in [0.3, 0.4) is 0 Å². The molecule has 1 atom stereocenters. The zero-order valence-electron chi connectivity index (χ0n) is 17.5. The molecule has 150 valence electrons. The molecule has 0 saturated heterocycles. The van der Waals surface area contributed by atoms with E-state index in [9.17, 15) is 4.79 Å². The molecule has 3 aromatic rings. The highest BCUT2D eigenvalue weighted by molar-refractivity contribution is 5.81. The zero-order chi connectivity index (χ0) is 20.6. The van der Waals surface area contributed by atoms with E-state index in [1.165, 1.54) is 0 Å². The van der Waals surface area contributed by atoms with Crippen molar-refractivity contribution in [3.8, 4) is 5.75 Å². The van der Waals surface area contributed by atoms with Crippen molar-refractivity contribution in [2.75, 3.05) is 0 Å². The average Bonchev–Trinajstić information content (AvgIpc) is 2.75. The fourth-order valence-electron chi connectivity index (χ4n) is 3.32. The molecule has 0 aromatic heterocycles. The molecule has 3 rings (SSSR count). The minimum Gasteiger partial charge on any atom is -0.480 e. The summed E-state index contributed by atoms with van der Waals surface area (Å²) in [5.41, 5.74) is 4.38. The zero-order valence-corrected chi connectivity index (χ0v) is 17.5. The van der Waals surface area contributed by atoms with Crippen LogP contribution in [0.2, 0.25) is 0 Å². The number of carbonyl (C=O) groups is 1. The SMILES string of the molecule is CC[C@H](Oc1cc(C)ccc1C)C(=O)N(Cc1ccccc1)Cc1ccccc1. The number of rotatable bonds is 8. The van der Waals surface area contributed by atoms with E-state index in [-0.39, 0.29) is 5.91 Å². The predicted octanol–water partition coefficient (Wildman–Crippen LogP) is 5.69. The predicted molar refractivity (Wildman–Crippen MR) is 118 cm³/mol. The van der Waals surface area contributed by atoms with Crippen LogP contribution in [0.4, 0.5) is 0 Å². The Morgan fingerprint density at radius 1 is 0.862 bits per heavy atom. The van der Waals surface area contributed by atoms with E-state index in [2.05, 4.69) is 30.3 Å². The highest BCUT2D eigenvalue weighted by atomic mass is 16.5. The fourth-order valence-corrected chi connectivity index (χ4v) is 3.32. The van der Waals surface area contributed by atoms with Crippen molar-refractivity contribution in [1.82, 2.24) is 4.90 Å². The smallest absolute Gasteiger partial charge is 0.264 e. The summed E-state index contributed by atoms with van der Waals surface area (Å²) in [5, 5.41) is 0. The monoisotopic (exact) mass is 387 g/mol. The summed E-state index contributed by atoms with van der Waals surface area (Å²) in [7, 11) is 0. The van der Waals surface area contributed by atoms with E-state index < -0.39 is 6.10 Å². The van der Waals surface area contributed by atoms with E-state index in [1.54, 1.807) is 0 Å². The van der Waals surface area contributed by atoms with Crippen molar-refractivity contribution >= 4 is 5.91 Å². The van der Waals surface area contributed by atoms with Gasteiger partial charge in [0.25, 0.3) is 5.91 Å². The molecule has 29 heavy (non-hydrogen) atoms. The van der Waals surface area contributed by atoms with E-state index in [4.69, 9.17) is 4.74 Å². The summed E-state index contributed by atoms with van der Waals surface area (Å²) in [5.74, 6) is 0.797. The average molecular weight is 388 g/mol. The van der Waals surface area contributed by atoms with Crippen LogP contribution in [-0.4, -0.2) is 16.9 Å². The first-order valence-corrected chi connectivity index (χ1v) is 10.2. The molecule has 1 amide bonds. The maximum atomic E-state index is 13.5. The Morgan fingerprint density at radius 2 is 1.41 bits per heavy atom. The molecule has 0 fully saturated rings. The summed E-state index contributed by atoms with van der Waals surface area (Å²) in [6.45, 7) is 7.16. The fraction of sp³-hybridized carbons (Fsp3) is 0.269. The van der Waals surface area contributed by atoms with Gasteiger partial charge in [0, 0.05) is 13.1 Å². The number of amides is 1. The van der Waals surface area contributed by atoms with Gasteiger partial charge in [-0.2, -0.15) is 0 Å². The van der Waals surface area contributed by atoms with Crippen molar-refractivity contribution in [3.63, 3.8) is 0 Å². The lowest BCUT2D eigenvalue weighted by Gasteiger charge is -2.28. The maximum Gasteiger partial charge on any atom is 0.264 e. The quantitative estimate of drug-likeness (QED) is 0.497. The van der Waals surface area contributed by atoms with Crippen LogP contribution in [0.1, 0.15) is 35.6 Å². The molecule has 0 aliphatic carbocycles. The van der Waals surface area contributed by atoms with E-state index >= 15 is 0 Å². The molecule has 0 radical (unpaired) electrons. The molecular weight excluding hydrogens is 358 g/mol. The lowest BCUT2D eigenvalue weighted by molar-refractivity contribution is -0.140. The molecule has 0 unspecified atom stereocenters. The first kappa shape index (κ1) is 20.7. The summed E-state index contributed by atoms with van der Waals surface area (Å²) < 4.78 is 6.20. The third-order valence-electron chi connectivity index (χ3n) is 5.00. The standard InChI is InChI=1S/C26H29NO2/c1-4-24(29-25-17-20(2)15-16-21(25)3)26(28)27(18-22-11-7-5-8-12-22)19-23-13-9-6-10-14-23/h5-17,24H,4,18-19H2,1-3H3/t24-/m0/s1. The topological polar surface area (TPSA) is 29.5 Å².